The third-order valence-electron chi connectivity index (χ3n) is 5.38. The Morgan fingerprint density at radius 3 is 2.74 bits per heavy atom. The molecule has 0 radical (unpaired) electrons. The van der Waals surface area contributed by atoms with Gasteiger partial charge in [-0.05, 0) is 24.5 Å². The summed E-state index contributed by atoms with van der Waals surface area (Å²) in [5, 5.41) is 0. The minimum absolute atomic E-state index is 0.0920. The van der Waals surface area contributed by atoms with Crippen LogP contribution in [0.2, 0.25) is 0 Å². The maximum Gasteiger partial charge on any atom is 0.324 e. The number of fused-ring (bicyclic) bond motifs is 4. The van der Waals surface area contributed by atoms with Crippen LogP contribution in [0.3, 0.4) is 0 Å². The molecular formula is C22H21NO4. The van der Waals surface area contributed by atoms with Crippen molar-refractivity contribution in [1.29, 1.82) is 0 Å². The quantitative estimate of drug-likeness (QED) is 0.474. The van der Waals surface area contributed by atoms with Crippen LogP contribution in [0.25, 0.3) is 0 Å². The van der Waals surface area contributed by atoms with Crippen molar-refractivity contribution in [3.63, 3.8) is 0 Å². The van der Waals surface area contributed by atoms with Gasteiger partial charge in [0.05, 0.1) is 12.8 Å². The summed E-state index contributed by atoms with van der Waals surface area (Å²) in [4.78, 5) is 31.0. The van der Waals surface area contributed by atoms with Crippen LogP contribution in [-0.2, 0) is 32.8 Å². The first-order valence-electron chi connectivity index (χ1n) is 9.02. The largest absolute Gasteiger partial charge is 0.481 e. The summed E-state index contributed by atoms with van der Waals surface area (Å²) in [6, 6.07) is 13.0. The molecule has 0 fully saturated rings. The minimum atomic E-state index is -1.31. The summed E-state index contributed by atoms with van der Waals surface area (Å²) in [6.07, 6.45) is 2.77. The molecular weight excluding hydrogens is 342 g/mol. The Morgan fingerprint density at radius 2 is 2.00 bits per heavy atom. The van der Waals surface area contributed by atoms with E-state index in [2.05, 4.69) is 4.98 Å². The van der Waals surface area contributed by atoms with Crippen molar-refractivity contribution in [2.45, 2.75) is 31.8 Å². The van der Waals surface area contributed by atoms with Crippen molar-refractivity contribution < 1.29 is 19.1 Å². The Bertz CT molecular complexity index is 935. The molecule has 27 heavy (non-hydrogen) atoms. The minimum Gasteiger partial charge on any atom is -0.481 e. The number of methoxy groups -OCH3 is 1. The number of Topliss-reactive ketones (excluding diaryl/α,β-unsaturated/α-hetero) is 1. The van der Waals surface area contributed by atoms with Crippen molar-refractivity contribution in [3.05, 3.63) is 70.9 Å². The fourth-order valence-corrected chi connectivity index (χ4v) is 4.16. The molecule has 2 aliphatic rings. The van der Waals surface area contributed by atoms with Crippen LogP contribution >= 0.6 is 0 Å². The lowest BCUT2D eigenvalue weighted by molar-refractivity contribution is -0.157. The number of benzene rings is 1. The molecule has 0 unspecified atom stereocenters. The zero-order chi connectivity index (χ0) is 19.0. The number of nitrogens with zero attached hydrogens (tertiary/aromatic N) is 1. The molecule has 0 amide bonds. The standard InChI is InChI=1S/C22H21NO4/c1-14-10-16-11-18-17(8-9-19(23-18)26-2)22(12-14,20(16)24)21(25)27-13-15-6-4-3-5-7-15/h3-10,16H,11-13H2,1-2H3/t16-,22-/m0/s1. The summed E-state index contributed by atoms with van der Waals surface area (Å²) in [5.41, 5.74) is 1.98. The molecule has 0 spiro atoms. The van der Waals surface area contributed by atoms with E-state index < -0.39 is 11.4 Å². The van der Waals surface area contributed by atoms with Crippen LogP contribution in [0, 0.1) is 5.92 Å². The Morgan fingerprint density at radius 1 is 1.22 bits per heavy atom. The molecule has 138 valence electrons. The van der Waals surface area contributed by atoms with Gasteiger partial charge in [-0.15, -0.1) is 0 Å². The number of hydrogen-bond donors (Lipinski definition) is 0. The Hall–Kier alpha value is -2.95. The maximum atomic E-state index is 13.2. The van der Waals surface area contributed by atoms with Crippen LogP contribution < -0.4 is 4.74 Å². The lowest BCUT2D eigenvalue weighted by atomic mass is 9.60. The zero-order valence-corrected chi connectivity index (χ0v) is 15.4. The predicted molar refractivity (Wildman–Crippen MR) is 99.3 cm³/mol. The van der Waals surface area contributed by atoms with E-state index in [1.165, 1.54) is 0 Å². The van der Waals surface area contributed by atoms with Gasteiger partial charge in [0.25, 0.3) is 0 Å². The second-order valence-electron chi connectivity index (χ2n) is 7.18. The van der Waals surface area contributed by atoms with Crippen LogP contribution in [0.4, 0.5) is 0 Å². The molecule has 2 aromatic rings. The first-order chi connectivity index (χ1) is 13.0. The highest BCUT2D eigenvalue weighted by molar-refractivity contribution is 6.13. The number of carbonyl (C=O) groups is 2. The predicted octanol–water partition coefficient (Wildman–Crippen LogP) is 3.16. The molecule has 2 bridgehead atoms. The van der Waals surface area contributed by atoms with Crippen molar-refractivity contribution in [1.82, 2.24) is 4.98 Å². The third kappa shape index (κ3) is 2.83. The average molecular weight is 363 g/mol. The van der Waals surface area contributed by atoms with E-state index in [-0.39, 0.29) is 18.3 Å². The molecule has 4 rings (SSSR count). The van der Waals surface area contributed by atoms with E-state index in [1.54, 1.807) is 19.2 Å². The molecule has 2 atom stereocenters. The van der Waals surface area contributed by atoms with Gasteiger partial charge in [0.15, 0.2) is 11.2 Å². The van der Waals surface area contributed by atoms with Crippen LogP contribution in [-0.4, -0.2) is 23.8 Å². The van der Waals surface area contributed by atoms with Crippen molar-refractivity contribution >= 4 is 11.8 Å². The highest BCUT2D eigenvalue weighted by Gasteiger charge is 2.56. The molecule has 0 saturated carbocycles. The highest BCUT2D eigenvalue weighted by atomic mass is 16.5. The molecule has 0 N–H and O–H groups in total. The number of pyridine rings is 1. The van der Waals surface area contributed by atoms with Crippen LogP contribution in [0.5, 0.6) is 5.88 Å². The first-order valence-corrected chi connectivity index (χ1v) is 9.02. The lowest BCUT2D eigenvalue weighted by Crippen LogP contribution is -2.53. The average Bonchev–Trinajstić information content (AvgIpc) is 2.68. The highest BCUT2D eigenvalue weighted by Crippen LogP contribution is 2.46. The number of rotatable bonds is 4. The van der Waals surface area contributed by atoms with Gasteiger partial charge in [-0.2, -0.15) is 0 Å². The second kappa shape index (κ2) is 6.65. The van der Waals surface area contributed by atoms with Crippen molar-refractivity contribution in [2.24, 2.45) is 5.92 Å². The van der Waals surface area contributed by atoms with Gasteiger partial charge in [0.2, 0.25) is 5.88 Å². The molecule has 5 heteroatoms. The summed E-state index contributed by atoms with van der Waals surface area (Å²) in [5.74, 6) is -0.461. The maximum absolute atomic E-state index is 13.2. The third-order valence-corrected chi connectivity index (χ3v) is 5.38. The molecule has 1 heterocycles. The van der Waals surface area contributed by atoms with Gasteiger partial charge in [-0.3, -0.25) is 9.59 Å². The topological polar surface area (TPSA) is 65.5 Å². The van der Waals surface area contributed by atoms with E-state index >= 15 is 0 Å². The number of ether oxygens (including phenoxy) is 2. The summed E-state index contributed by atoms with van der Waals surface area (Å²) >= 11 is 0. The first kappa shape index (κ1) is 17.5. The van der Waals surface area contributed by atoms with Crippen LogP contribution in [0.15, 0.2) is 54.1 Å². The van der Waals surface area contributed by atoms with Gasteiger partial charge in [0.1, 0.15) is 6.61 Å². The fourth-order valence-electron chi connectivity index (χ4n) is 4.16. The van der Waals surface area contributed by atoms with E-state index in [4.69, 9.17) is 9.47 Å². The Labute approximate surface area is 158 Å². The number of carbonyl (C=O) groups excluding carboxylic acids is 2. The zero-order valence-electron chi connectivity index (χ0n) is 15.4. The molecule has 0 aliphatic heterocycles. The Kier molecular flexibility index (Phi) is 4.30. The summed E-state index contributed by atoms with van der Waals surface area (Å²) in [7, 11) is 1.55. The normalized spacial score (nSPS) is 23.3. The van der Waals surface area contributed by atoms with Crippen molar-refractivity contribution in [2.75, 3.05) is 7.11 Å². The molecule has 2 aliphatic carbocycles. The Balaban J connectivity index is 1.74. The van der Waals surface area contributed by atoms with E-state index in [0.717, 1.165) is 16.8 Å². The molecule has 5 nitrogen and oxygen atoms in total. The summed E-state index contributed by atoms with van der Waals surface area (Å²) < 4.78 is 10.9. The fraction of sp³-hybridized carbons (Fsp3) is 0.318. The van der Waals surface area contributed by atoms with Gasteiger partial charge in [-0.1, -0.05) is 48.0 Å². The van der Waals surface area contributed by atoms with E-state index in [9.17, 15) is 9.59 Å². The number of ketones is 1. The SMILES string of the molecule is COc1ccc2c(n1)C[C@@H]1C=C(C)C[C@@]2(C(=O)OCc2ccccc2)C1=O. The van der Waals surface area contributed by atoms with E-state index in [0.29, 0.717) is 24.3 Å². The van der Waals surface area contributed by atoms with E-state index in [1.807, 2.05) is 43.3 Å². The second-order valence-corrected chi connectivity index (χ2v) is 7.18. The monoisotopic (exact) mass is 363 g/mol. The lowest BCUT2D eigenvalue weighted by Gasteiger charge is -2.41. The van der Waals surface area contributed by atoms with Gasteiger partial charge in [0, 0.05) is 18.4 Å². The number of allylic oxidation sites excluding steroid dienone is 2. The number of hydrogen-bond acceptors (Lipinski definition) is 5. The summed E-state index contributed by atoms with van der Waals surface area (Å²) in [6.45, 7) is 2.10. The van der Waals surface area contributed by atoms with Gasteiger partial charge in [-0.25, -0.2) is 4.98 Å². The molecule has 1 aromatic carbocycles. The number of aromatic nitrogens is 1. The molecule has 1 aromatic heterocycles. The van der Waals surface area contributed by atoms with Gasteiger partial charge >= 0.3 is 5.97 Å². The van der Waals surface area contributed by atoms with Gasteiger partial charge < -0.3 is 9.47 Å². The van der Waals surface area contributed by atoms with Crippen LogP contribution in [0.1, 0.15) is 30.2 Å². The van der Waals surface area contributed by atoms with Crippen molar-refractivity contribution in [3.8, 4) is 5.88 Å². The number of esters is 1. The smallest absolute Gasteiger partial charge is 0.324 e. The molecule has 0 saturated heterocycles.